The van der Waals surface area contributed by atoms with Gasteiger partial charge in [0.15, 0.2) is 12.6 Å². The SMILES string of the molecule is CC/C=C\C/C=C\C/C=C\C/C=C\C/C=C\C/C=C\C/C=C\CCCCCCCCCCCCCCCCCC(=O)NC(COC1OC(CO)C(OC2OC(CO)C(O)C(O)C2O)C(O)C1O)C(O)/C=C/CCCCCCCCCCCCCC. The molecule has 490 valence electrons. The van der Waals surface area contributed by atoms with Crippen LogP contribution in [0, 0.1) is 0 Å². The average molecular weight is 1200 g/mol. The summed E-state index contributed by atoms with van der Waals surface area (Å²) in [6, 6.07) is -0.919. The van der Waals surface area contributed by atoms with Gasteiger partial charge in [0, 0.05) is 6.42 Å². The molecular weight excluding hydrogens is 1070 g/mol. The third-order valence-corrected chi connectivity index (χ3v) is 16.0. The van der Waals surface area contributed by atoms with Gasteiger partial charge in [0.2, 0.25) is 5.91 Å². The predicted octanol–water partition coefficient (Wildman–Crippen LogP) is 13.4. The van der Waals surface area contributed by atoms with Gasteiger partial charge in [0.05, 0.1) is 32.0 Å². The standard InChI is InChI=1S/C71H123NO13/c1-3-5-7-9-11-13-15-17-19-20-21-22-23-24-25-26-27-28-29-30-31-32-33-34-35-36-37-38-39-40-41-43-45-47-49-51-53-55-63(76)72-59(60(75)54-52-50-48-46-44-42-18-16-14-12-10-8-6-4-2)58-82-70-68(81)66(79)69(62(57-74)84-70)85-71-67(80)65(78)64(77)61(56-73)83-71/h5,7,11,13,17,19,21-22,24-25,27-28,30-31,52,54,59-62,64-71,73-75,77-81H,3-4,6,8-10,12,14-16,18,20,23,26,29,32-51,53,55-58H2,1-2H3,(H,72,76)/b7-5-,13-11-,19-17-,22-21-,25-24-,28-27-,31-30-,54-52+. The molecule has 2 aliphatic heterocycles. The number of carbonyl (C=O) groups is 1. The lowest BCUT2D eigenvalue weighted by molar-refractivity contribution is -0.359. The number of hydrogen-bond acceptors (Lipinski definition) is 13. The number of aliphatic hydroxyl groups excluding tert-OH is 8. The number of hydrogen-bond donors (Lipinski definition) is 9. The van der Waals surface area contributed by atoms with Crippen molar-refractivity contribution in [1.82, 2.24) is 5.32 Å². The molecule has 2 aliphatic rings. The van der Waals surface area contributed by atoms with E-state index in [9.17, 15) is 45.6 Å². The maximum absolute atomic E-state index is 13.3. The number of aliphatic hydroxyl groups is 8. The highest BCUT2D eigenvalue weighted by molar-refractivity contribution is 5.76. The molecule has 12 atom stereocenters. The summed E-state index contributed by atoms with van der Waals surface area (Å²) in [6.45, 7) is 2.68. The minimum atomic E-state index is -1.79. The zero-order chi connectivity index (χ0) is 61.6. The van der Waals surface area contributed by atoms with Crippen molar-refractivity contribution < 1.29 is 64.6 Å². The summed E-state index contributed by atoms with van der Waals surface area (Å²) < 4.78 is 22.8. The highest BCUT2D eigenvalue weighted by Gasteiger charge is 2.51. The Hall–Kier alpha value is -3.09. The van der Waals surface area contributed by atoms with Crippen molar-refractivity contribution in [2.24, 2.45) is 0 Å². The summed E-state index contributed by atoms with van der Waals surface area (Å²) >= 11 is 0. The van der Waals surface area contributed by atoms with Gasteiger partial charge in [-0.3, -0.25) is 4.79 Å². The number of rotatable bonds is 54. The molecule has 0 radical (unpaired) electrons. The van der Waals surface area contributed by atoms with Crippen molar-refractivity contribution >= 4 is 5.91 Å². The summed E-state index contributed by atoms with van der Waals surface area (Å²) in [6.07, 6.45) is 60.3. The molecule has 0 spiro atoms. The molecule has 14 heteroatoms. The van der Waals surface area contributed by atoms with Crippen LogP contribution in [-0.4, -0.2) is 140 Å². The summed E-state index contributed by atoms with van der Waals surface area (Å²) in [5.41, 5.74) is 0. The Kier molecular flexibility index (Phi) is 50.5. The van der Waals surface area contributed by atoms with E-state index in [2.05, 4.69) is 104 Å². The van der Waals surface area contributed by atoms with Crippen LogP contribution >= 0.6 is 0 Å². The quantitative estimate of drug-likeness (QED) is 0.0204. The Balaban J connectivity index is 1.61. The summed E-state index contributed by atoms with van der Waals surface area (Å²) in [7, 11) is 0. The van der Waals surface area contributed by atoms with Gasteiger partial charge in [-0.2, -0.15) is 0 Å². The van der Waals surface area contributed by atoms with E-state index in [0.717, 1.165) is 83.5 Å². The van der Waals surface area contributed by atoms with Crippen LogP contribution in [0.4, 0.5) is 0 Å². The maximum atomic E-state index is 13.3. The summed E-state index contributed by atoms with van der Waals surface area (Å²) in [5, 5.41) is 87.2. The molecule has 1 amide bonds. The smallest absolute Gasteiger partial charge is 0.220 e. The van der Waals surface area contributed by atoms with Crippen LogP contribution in [0.2, 0.25) is 0 Å². The van der Waals surface area contributed by atoms with Crippen LogP contribution < -0.4 is 5.32 Å². The fourth-order valence-electron chi connectivity index (χ4n) is 10.6. The van der Waals surface area contributed by atoms with Crippen molar-refractivity contribution in [2.75, 3.05) is 19.8 Å². The molecule has 0 aromatic rings. The van der Waals surface area contributed by atoms with Gasteiger partial charge in [-0.1, -0.05) is 265 Å². The largest absolute Gasteiger partial charge is 0.394 e. The first kappa shape index (κ1) is 78.0. The van der Waals surface area contributed by atoms with E-state index < -0.39 is 86.8 Å². The van der Waals surface area contributed by atoms with E-state index in [0.29, 0.717) is 6.42 Å². The van der Waals surface area contributed by atoms with Crippen LogP contribution in [0.15, 0.2) is 97.2 Å². The number of amides is 1. The topological polar surface area (TPSA) is 228 Å². The molecule has 9 N–H and O–H groups in total. The molecule has 0 bridgehead atoms. The maximum Gasteiger partial charge on any atom is 0.220 e. The number of allylic oxidation sites excluding steroid dienone is 15. The molecule has 12 unspecified atom stereocenters. The monoisotopic (exact) mass is 1200 g/mol. The molecule has 14 nitrogen and oxygen atoms in total. The molecule has 2 rings (SSSR count). The molecule has 0 aliphatic carbocycles. The minimum absolute atomic E-state index is 0.242. The van der Waals surface area contributed by atoms with Gasteiger partial charge in [0.25, 0.3) is 0 Å². The highest BCUT2D eigenvalue weighted by atomic mass is 16.7. The van der Waals surface area contributed by atoms with Crippen LogP contribution in [0.1, 0.15) is 251 Å². The molecule has 2 heterocycles. The second-order valence-electron chi connectivity index (χ2n) is 23.6. The second-order valence-corrected chi connectivity index (χ2v) is 23.6. The minimum Gasteiger partial charge on any atom is -0.394 e. The normalized spacial score (nSPS) is 24.2. The molecule has 0 aromatic heterocycles. The Morgan fingerprint density at radius 1 is 0.435 bits per heavy atom. The van der Waals surface area contributed by atoms with Crippen molar-refractivity contribution in [1.29, 1.82) is 0 Å². The lowest BCUT2D eigenvalue weighted by atomic mass is 9.97. The lowest BCUT2D eigenvalue weighted by Crippen LogP contribution is -2.65. The van der Waals surface area contributed by atoms with E-state index >= 15 is 0 Å². The van der Waals surface area contributed by atoms with Crippen LogP contribution in [0.25, 0.3) is 0 Å². The predicted molar refractivity (Wildman–Crippen MR) is 346 cm³/mol. The molecule has 2 saturated heterocycles. The third kappa shape index (κ3) is 39.5. The molecule has 85 heavy (non-hydrogen) atoms. The fraction of sp³-hybridized carbons (Fsp3) is 0.761. The van der Waals surface area contributed by atoms with Gasteiger partial charge in [-0.15, -0.1) is 0 Å². The van der Waals surface area contributed by atoms with Crippen molar-refractivity contribution in [3.05, 3.63) is 97.2 Å². The second kappa shape index (κ2) is 55.0. The summed E-state index contributed by atoms with van der Waals surface area (Å²) in [4.78, 5) is 13.3. The van der Waals surface area contributed by atoms with E-state index in [1.54, 1.807) is 6.08 Å². The Morgan fingerprint density at radius 2 is 0.812 bits per heavy atom. The van der Waals surface area contributed by atoms with Gasteiger partial charge < -0.3 is 65.1 Å². The Morgan fingerprint density at radius 3 is 1.25 bits per heavy atom. The molecule has 0 saturated carbocycles. The van der Waals surface area contributed by atoms with E-state index in [-0.39, 0.29) is 18.9 Å². The Bertz CT molecular complexity index is 1800. The number of nitrogens with one attached hydrogen (secondary N) is 1. The van der Waals surface area contributed by atoms with Crippen LogP contribution in [0.5, 0.6) is 0 Å². The number of unbranched alkanes of at least 4 members (excludes halogenated alkanes) is 27. The lowest BCUT2D eigenvalue weighted by Gasteiger charge is -2.46. The van der Waals surface area contributed by atoms with Crippen molar-refractivity contribution in [2.45, 2.75) is 325 Å². The van der Waals surface area contributed by atoms with Crippen LogP contribution in [-0.2, 0) is 23.7 Å². The first-order chi connectivity index (χ1) is 41.6. The molecular formula is C71H123NO13. The zero-order valence-electron chi connectivity index (χ0n) is 53.1. The third-order valence-electron chi connectivity index (χ3n) is 16.0. The van der Waals surface area contributed by atoms with Crippen molar-refractivity contribution in [3.8, 4) is 0 Å². The van der Waals surface area contributed by atoms with Gasteiger partial charge >= 0.3 is 0 Å². The van der Waals surface area contributed by atoms with E-state index in [1.807, 2.05) is 6.08 Å². The molecule has 0 aromatic carbocycles. The van der Waals surface area contributed by atoms with Crippen LogP contribution in [0.3, 0.4) is 0 Å². The first-order valence-electron chi connectivity index (χ1n) is 34.0. The Labute approximate surface area is 515 Å². The van der Waals surface area contributed by atoms with E-state index in [1.165, 1.54) is 141 Å². The van der Waals surface area contributed by atoms with Crippen molar-refractivity contribution in [3.63, 3.8) is 0 Å². The number of carbonyl (C=O) groups excluding carboxylic acids is 1. The molecule has 2 fully saturated rings. The van der Waals surface area contributed by atoms with Gasteiger partial charge in [-0.25, -0.2) is 0 Å². The zero-order valence-corrected chi connectivity index (χ0v) is 53.1. The highest BCUT2D eigenvalue weighted by Crippen LogP contribution is 2.30. The van der Waals surface area contributed by atoms with E-state index in [4.69, 9.17) is 18.9 Å². The fourth-order valence-corrected chi connectivity index (χ4v) is 10.6. The van der Waals surface area contributed by atoms with Gasteiger partial charge in [-0.05, 0) is 77.0 Å². The average Bonchev–Trinajstić information content (AvgIpc) is 3.65. The van der Waals surface area contributed by atoms with Gasteiger partial charge in [0.1, 0.15) is 48.8 Å². The first-order valence-corrected chi connectivity index (χ1v) is 34.0. The number of ether oxygens (including phenoxy) is 4. The summed E-state index contributed by atoms with van der Waals surface area (Å²) in [5.74, 6) is -0.242.